The van der Waals surface area contributed by atoms with Gasteiger partial charge in [0.25, 0.3) is 12.0 Å². The summed E-state index contributed by atoms with van der Waals surface area (Å²) in [4.78, 5) is 37.7. The van der Waals surface area contributed by atoms with Gasteiger partial charge in [-0.05, 0) is 32.2 Å². The Labute approximate surface area is 241 Å². The van der Waals surface area contributed by atoms with Crippen molar-refractivity contribution in [2.45, 2.75) is 63.2 Å². The molecule has 0 amide bonds. The second-order valence-corrected chi connectivity index (χ2v) is 11.7. The Morgan fingerprint density at radius 3 is 2.47 bits per heavy atom. The maximum absolute atomic E-state index is 15.2. The number of nitrogens with zero attached hydrogens (tertiary/aromatic N) is 1. The first kappa shape index (κ1) is 32.4. The van der Waals surface area contributed by atoms with E-state index in [4.69, 9.17) is 18.5 Å². The van der Waals surface area contributed by atoms with Crippen molar-refractivity contribution in [1.29, 1.82) is 0 Å². The molecule has 3 N–H and O–H groups in total. The maximum atomic E-state index is 15.2. The number of H-pyrrole nitrogens is 1. The number of carbonyl (C=O) groups is 1. The van der Waals surface area contributed by atoms with Crippen molar-refractivity contribution < 1.29 is 50.5 Å². The van der Waals surface area contributed by atoms with Crippen LogP contribution >= 0.6 is 7.75 Å². The van der Waals surface area contributed by atoms with E-state index in [0.717, 1.165) is 0 Å². The van der Waals surface area contributed by atoms with Gasteiger partial charge in [-0.3, -0.25) is 23.7 Å². The molecule has 12 nitrogen and oxygen atoms in total. The van der Waals surface area contributed by atoms with Crippen LogP contribution < -0.4 is 20.9 Å². The fourth-order valence-electron chi connectivity index (χ4n) is 4.32. The first-order chi connectivity index (χ1) is 20.1. The molecule has 1 aliphatic heterocycles. The number of aliphatic hydroxyl groups excluding tert-OH is 1. The van der Waals surface area contributed by atoms with Crippen LogP contribution in [0.1, 0.15) is 27.0 Å². The minimum atomic E-state index is -4.95. The third kappa shape index (κ3) is 6.53. The predicted molar refractivity (Wildman–Crippen MR) is 143 cm³/mol. The number of halogens is 4. The Bertz CT molecular complexity index is 1640. The second-order valence-electron chi connectivity index (χ2n) is 10.00. The van der Waals surface area contributed by atoms with Gasteiger partial charge in [0.2, 0.25) is 6.23 Å². The highest BCUT2D eigenvalue weighted by Crippen LogP contribution is 2.53. The van der Waals surface area contributed by atoms with Crippen LogP contribution in [0, 0.1) is 0 Å². The van der Waals surface area contributed by atoms with Gasteiger partial charge in [0.1, 0.15) is 11.8 Å². The van der Waals surface area contributed by atoms with Gasteiger partial charge in [-0.25, -0.2) is 18.1 Å². The molecule has 1 aliphatic rings. The zero-order chi connectivity index (χ0) is 31.7. The lowest BCUT2D eigenvalue weighted by atomic mass is 9.96. The van der Waals surface area contributed by atoms with E-state index in [1.807, 2.05) is 0 Å². The average molecular weight is 633 g/mol. The molecule has 0 radical (unpaired) electrons. The monoisotopic (exact) mass is 633 g/mol. The van der Waals surface area contributed by atoms with Crippen molar-refractivity contribution >= 4 is 24.5 Å². The molecule has 5 atom stereocenters. The number of rotatable bonds is 11. The molecule has 0 bridgehead atoms. The van der Waals surface area contributed by atoms with E-state index >= 15 is 8.78 Å². The number of aromatic nitrogens is 2. The van der Waals surface area contributed by atoms with Crippen LogP contribution in [-0.4, -0.2) is 63.4 Å². The highest BCUT2D eigenvalue weighted by molar-refractivity contribution is 7.52. The number of aliphatic hydroxyl groups is 1. The van der Waals surface area contributed by atoms with Gasteiger partial charge in [0.15, 0.2) is 11.7 Å². The summed E-state index contributed by atoms with van der Waals surface area (Å²) in [6, 6.07) is 10.5. The van der Waals surface area contributed by atoms with Crippen molar-refractivity contribution in [3.05, 3.63) is 75.6 Å². The van der Waals surface area contributed by atoms with E-state index in [1.54, 1.807) is 49.2 Å². The molecule has 0 spiro atoms. The summed E-state index contributed by atoms with van der Waals surface area (Å²) in [7, 11) is -4.95. The van der Waals surface area contributed by atoms with Gasteiger partial charge < -0.3 is 19.1 Å². The molecule has 1 unspecified atom stereocenters. The summed E-state index contributed by atoms with van der Waals surface area (Å²) in [5, 5.41) is 13.7. The molecule has 0 aliphatic carbocycles. The van der Waals surface area contributed by atoms with Gasteiger partial charge in [0, 0.05) is 17.6 Å². The summed E-state index contributed by atoms with van der Waals surface area (Å²) in [5.74, 6) is -5.55. The molecule has 2 aromatic carbocycles. The molecule has 1 saturated heterocycles. The largest absolute Gasteiger partial charge is 0.462 e. The quantitative estimate of drug-likeness (QED) is 0.163. The number of nitrogens with one attached hydrogen (secondary N) is 2. The number of esters is 1. The minimum Gasteiger partial charge on any atom is -0.462 e. The van der Waals surface area contributed by atoms with Crippen molar-refractivity contribution in [3.63, 3.8) is 0 Å². The fourth-order valence-corrected chi connectivity index (χ4v) is 5.87. The third-order valence-electron chi connectivity index (χ3n) is 6.45. The SMILES string of the molecule is CC(C)OC(=O)[C@H](C)NP(=O)(OC[C@@]1(C(F)F)O[C@@H](n2ccc(=O)[nH]c2=O)C(F)(F)[C@@H]1O)Oc1cccc2ccccc12. The van der Waals surface area contributed by atoms with E-state index in [-0.39, 0.29) is 10.3 Å². The number of benzene rings is 2. The Balaban J connectivity index is 1.71. The van der Waals surface area contributed by atoms with Crippen molar-refractivity contribution in [1.82, 2.24) is 14.6 Å². The first-order valence-corrected chi connectivity index (χ1v) is 14.4. The summed E-state index contributed by atoms with van der Waals surface area (Å²) >= 11 is 0. The van der Waals surface area contributed by atoms with Gasteiger partial charge >= 0.3 is 25.3 Å². The molecule has 234 valence electrons. The number of carbonyl (C=O) groups excluding carboxylic acids is 1. The third-order valence-corrected chi connectivity index (χ3v) is 8.06. The van der Waals surface area contributed by atoms with Crippen LogP contribution in [0.15, 0.2) is 64.3 Å². The maximum Gasteiger partial charge on any atom is 0.459 e. The van der Waals surface area contributed by atoms with Crippen LogP contribution in [-0.2, 0) is 23.4 Å². The van der Waals surface area contributed by atoms with E-state index < -0.39 is 74.0 Å². The van der Waals surface area contributed by atoms with E-state index in [2.05, 4.69) is 5.09 Å². The van der Waals surface area contributed by atoms with Gasteiger partial charge in [-0.1, -0.05) is 36.4 Å². The normalized spacial score (nSPS) is 23.8. The summed E-state index contributed by atoms with van der Waals surface area (Å²) in [6.45, 7) is 2.63. The van der Waals surface area contributed by atoms with Gasteiger partial charge in [-0.15, -0.1) is 0 Å². The zero-order valence-corrected chi connectivity index (χ0v) is 23.8. The highest BCUT2D eigenvalue weighted by atomic mass is 31.2. The van der Waals surface area contributed by atoms with E-state index in [1.165, 1.54) is 19.1 Å². The van der Waals surface area contributed by atoms with Crippen LogP contribution in [0.25, 0.3) is 10.8 Å². The van der Waals surface area contributed by atoms with Crippen LogP contribution in [0.5, 0.6) is 5.75 Å². The van der Waals surface area contributed by atoms with Crippen LogP contribution in [0.4, 0.5) is 17.6 Å². The summed E-state index contributed by atoms with van der Waals surface area (Å²) < 4.78 is 94.4. The molecule has 1 fully saturated rings. The number of aromatic amines is 1. The van der Waals surface area contributed by atoms with Gasteiger partial charge in [-0.2, -0.15) is 13.9 Å². The lowest BCUT2D eigenvalue weighted by molar-refractivity contribution is -0.193. The first-order valence-electron chi connectivity index (χ1n) is 12.8. The average Bonchev–Trinajstić information content (AvgIpc) is 3.13. The fraction of sp³-hybridized carbons (Fsp3) is 0.423. The number of alkyl halides is 4. The second kappa shape index (κ2) is 12.2. The number of ether oxygens (including phenoxy) is 2. The molecule has 43 heavy (non-hydrogen) atoms. The van der Waals surface area contributed by atoms with E-state index in [0.29, 0.717) is 23.0 Å². The Kier molecular flexibility index (Phi) is 9.19. The molecule has 3 aromatic rings. The van der Waals surface area contributed by atoms with Crippen LogP contribution in [0.3, 0.4) is 0 Å². The topological polar surface area (TPSA) is 158 Å². The lowest BCUT2D eigenvalue weighted by Crippen LogP contribution is -2.54. The Morgan fingerprint density at radius 1 is 1.14 bits per heavy atom. The van der Waals surface area contributed by atoms with Crippen molar-refractivity contribution in [2.75, 3.05) is 6.61 Å². The van der Waals surface area contributed by atoms with Crippen LogP contribution in [0.2, 0.25) is 0 Å². The predicted octanol–water partition coefficient (Wildman–Crippen LogP) is 3.35. The standard InChI is InChI=1S/C26H28F4N3O9P/c1-14(2)40-20(35)15(3)32-43(38,42-18-10-6-8-16-7-4-5-9-17(16)18)39-13-25(22(27)28)21(36)26(29,30)23(41-25)33-12-11-19(34)31-24(33)37/h4-12,14-15,21-23,36H,13H2,1-3H3,(H,32,38)(H,31,34,37)/t15-,21+,23+,25+,43?/m0/s1. The van der Waals surface area contributed by atoms with Gasteiger partial charge in [0.05, 0.1) is 12.7 Å². The lowest BCUT2D eigenvalue weighted by Gasteiger charge is -2.32. The molecule has 4 rings (SSSR count). The smallest absolute Gasteiger partial charge is 0.459 e. The zero-order valence-electron chi connectivity index (χ0n) is 22.9. The summed E-state index contributed by atoms with van der Waals surface area (Å²) in [6.07, 6.45) is -10.0. The highest BCUT2D eigenvalue weighted by Gasteiger charge is 2.71. The molecular formula is C26H28F4N3O9P. The Morgan fingerprint density at radius 2 is 1.81 bits per heavy atom. The van der Waals surface area contributed by atoms with E-state index in [9.17, 15) is 32.8 Å². The van der Waals surface area contributed by atoms with Crippen molar-refractivity contribution in [2.24, 2.45) is 0 Å². The molecule has 1 aromatic heterocycles. The van der Waals surface area contributed by atoms with Crippen molar-refractivity contribution in [3.8, 4) is 5.75 Å². The molecular weight excluding hydrogens is 605 g/mol. The molecule has 0 saturated carbocycles. The number of hydrogen-bond acceptors (Lipinski definition) is 9. The number of fused-ring (bicyclic) bond motifs is 1. The summed E-state index contributed by atoms with van der Waals surface area (Å²) in [5.41, 5.74) is -5.96. The number of hydrogen-bond donors (Lipinski definition) is 3. The Hall–Kier alpha value is -3.56. The molecule has 2 heterocycles. The minimum absolute atomic E-state index is 0.0830. The molecule has 17 heteroatoms.